The van der Waals surface area contributed by atoms with Crippen molar-refractivity contribution in [3.63, 3.8) is 0 Å². The second kappa shape index (κ2) is 8.57. The van der Waals surface area contributed by atoms with Crippen molar-refractivity contribution in [1.82, 2.24) is 5.32 Å². The van der Waals surface area contributed by atoms with E-state index in [2.05, 4.69) is 5.32 Å². The number of carbonyl (C=O) groups is 1. The molecule has 2 aromatic rings. The Hall–Kier alpha value is -2.03. The third-order valence-corrected chi connectivity index (χ3v) is 3.86. The van der Waals surface area contributed by atoms with E-state index in [0.29, 0.717) is 4.90 Å². The molecule has 0 aliphatic rings. The Morgan fingerprint density at radius 1 is 1.15 bits per heavy atom. The highest BCUT2D eigenvalue weighted by atomic mass is 35.5. The summed E-state index contributed by atoms with van der Waals surface area (Å²) in [5.74, 6) is -2.67. The average molecular weight is 411 g/mol. The van der Waals surface area contributed by atoms with Crippen molar-refractivity contribution in [1.29, 1.82) is 0 Å². The van der Waals surface area contributed by atoms with Gasteiger partial charge in [0.15, 0.2) is 0 Å². The molecule has 140 valence electrons. The highest BCUT2D eigenvalue weighted by Gasteiger charge is 2.26. The lowest BCUT2D eigenvalue weighted by Crippen LogP contribution is -2.28. The third kappa shape index (κ3) is 4.38. The number of rotatable bonds is 6. The smallest absolute Gasteiger partial charge is 0.319 e. The maximum Gasteiger partial charge on any atom is 0.319 e. The summed E-state index contributed by atoms with van der Waals surface area (Å²) in [5, 5.41) is 10.2. The molecule has 0 aliphatic heterocycles. The molecular formula is C16H12Cl2F4N2O2. The molecule has 0 aliphatic carbocycles. The van der Waals surface area contributed by atoms with Gasteiger partial charge in [0, 0.05) is 12.2 Å². The second-order valence-electron chi connectivity index (χ2n) is 5.01. The van der Waals surface area contributed by atoms with Gasteiger partial charge in [-0.15, -0.1) is 0 Å². The maximum atomic E-state index is 13.9. The number of hydrogen-bond donors (Lipinski definition) is 2. The van der Waals surface area contributed by atoms with Crippen molar-refractivity contribution in [2.45, 2.75) is 6.55 Å². The van der Waals surface area contributed by atoms with Gasteiger partial charge in [0.1, 0.15) is 11.6 Å². The number of nitrogens with zero attached hydrogens (tertiary/aromatic N) is 1. The minimum atomic E-state index is -3.17. The van der Waals surface area contributed by atoms with Crippen LogP contribution < -0.4 is 10.2 Å². The number of amides is 1. The first-order valence-electron chi connectivity index (χ1n) is 7.16. The lowest BCUT2D eigenvalue weighted by molar-refractivity contribution is 0.0940. The first kappa shape index (κ1) is 20.3. The van der Waals surface area contributed by atoms with Gasteiger partial charge < -0.3 is 10.4 Å². The van der Waals surface area contributed by atoms with E-state index in [1.165, 1.54) is 0 Å². The fraction of sp³-hybridized carbons (Fsp3) is 0.188. The van der Waals surface area contributed by atoms with Crippen LogP contribution in [0.15, 0.2) is 30.3 Å². The molecule has 0 atom stereocenters. The number of alkyl halides is 2. The molecule has 2 N–H and O–H groups in total. The molecule has 0 aromatic heterocycles. The Morgan fingerprint density at radius 3 is 2.31 bits per heavy atom. The Labute approximate surface area is 155 Å². The van der Waals surface area contributed by atoms with Gasteiger partial charge in [-0.3, -0.25) is 9.69 Å². The molecule has 0 saturated carbocycles. The molecule has 10 heteroatoms. The fourth-order valence-electron chi connectivity index (χ4n) is 2.21. The van der Waals surface area contributed by atoms with Crippen LogP contribution in [-0.4, -0.2) is 30.7 Å². The van der Waals surface area contributed by atoms with E-state index in [-0.39, 0.29) is 28.9 Å². The summed E-state index contributed by atoms with van der Waals surface area (Å²) < 4.78 is 54.5. The molecule has 26 heavy (non-hydrogen) atoms. The van der Waals surface area contributed by atoms with E-state index >= 15 is 0 Å². The third-order valence-electron chi connectivity index (χ3n) is 3.29. The lowest BCUT2D eigenvalue weighted by Gasteiger charge is -2.26. The van der Waals surface area contributed by atoms with Crippen molar-refractivity contribution in [3.8, 4) is 0 Å². The van der Waals surface area contributed by atoms with Gasteiger partial charge in [-0.25, -0.2) is 8.78 Å². The number of anilines is 2. The fourth-order valence-corrected chi connectivity index (χ4v) is 2.85. The standard InChI is InChI=1S/C16H12Cl2F4N2O2/c17-11-5-8(19)6-12(18)14(11)24(16(21)22)9-1-2-13(20)10(7-9)15(26)23-3-4-25/h1-2,5-7,16,25H,3-4H2,(H,23,26). The monoisotopic (exact) mass is 410 g/mol. The van der Waals surface area contributed by atoms with Crippen LogP contribution in [0.4, 0.5) is 28.9 Å². The van der Waals surface area contributed by atoms with Gasteiger partial charge in [-0.1, -0.05) is 23.2 Å². The highest BCUT2D eigenvalue weighted by molar-refractivity contribution is 6.39. The first-order valence-corrected chi connectivity index (χ1v) is 7.92. The molecular weight excluding hydrogens is 399 g/mol. The summed E-state index contributed by atoms with van der Waals surface area (Å²) in [6, 6.07) is 4.31. The SMILES string of the molecule is O=C(NCCO)c1cc(N(c2c(Cl)cc(F)cc2Cl)C(F)F)ccc1F. The molecule has 0 bridgehead atoms. The van der Waals surface area contributed by atoms with E-state index in [4.69, 9.17) is 28.3 Å². The number of aliphatic hydroxyl groups is 1. The quantitative estimate of drug-likeness (QED) is 0.549. The molecule has 0 spiro atoms. The van der Waals surface area contributed by atoms with Crippen molar-refractivity contribution >= 4 is 40.5 Å². The van der Waals surface area contributed by atoms with Crippen LogP contribution in [-0.2, 0) is 0 Å². The van der Waals surface area contributed by atoms with Crippen LogP contribution in [0.25, 0.3) is 0 Å². The second-order valence-corrected chi connectivity index (χ2v) is 5.82. The van der Waals surface area contributed by atoms with Crippen molar-refractivity contribution in [3.05, 3.63) is 57.6 Å². The van der Waals surface area contributed by atoms with E-state index in [0.717, 1.165) is 30.3 Å². The normalized spacial score (nSPS) is 10.9. The zero-order valence-corrected chi connectivity index (χ0v) is 14.5. The number of aliphatic hydroxyl groups excluding tert-OH is 1. The first-order chi connectivity index (χ1) is 12.3. The van der Waals surface area contributed by atoms with Gasteiger partial charge in [-0.2, -0.15) is 8.78 Å². The highest BCUT2D eigenvalue weighted by Crippen LogP contribution is 2.41. The van der Waals surface area contributed by atoms with Crippen LogP contribution in [0.3, 0.4) is 0 Å². The number of nitrogens with one attached hydrogen (secondary N) is 1. The zero-order valence-electron chi connectivity index (χ0n) is 12.9. The number of benzene rings is 2. The number of hydrogen-bond acceptors (Lipinski definition) is 3. The molecule has 1 amide bonds. The molecule has 0 heterocycles. The zero-order chi connectivity index (χ0) is 19.4. The van der Waals surface area contributed by atoms with Crippen molar-refractivity contribution in [2.75, 3.05) is 18.1 Å². The molecule has 0 unspecified atom stereocenters. The summed E-state index contributed by atoms with van der Waals surface area (Å²) in [4.78, 5) is 12.3. The minimum absolute atomic E-state index is 0.142. The van der Waals surface area contributed by atoms with Gasteiger partial charge in [-0.05, 0) is 30.3 Å². The van der Waals surface area contributed by atoms with Crippen LogP contribution in [0, 0.1) is 11.6 Å². The number of carbonyl (C=O) groups excluding carboxylic acids is 1. The predicted octanol–water partition coefficient (Wildman–Crippen LogP) is 4.35. The molecule has 2 rings (SSSR count). The van der Waals surface area contributed by atoms with Gasteiger partial charge in [0.2, 0.25) is 0 Å². The lowest BCUT2D eigenvalue weighted by atomic mass is 10.1. The summed E-state index contributed by atoms with van der Waals surface area (Å²) in [6.45, 7) is -3.69. The minimum Gasteiger partial charge on any atom is -0.395 e. The predicted molar refractivity (Wildman–Crippen MR) is 90.4 cm³/mol. The van der Waals surface area contributed by atoms with Gasteiger partial charge >= 0.3 is 6.55 Å². The van der Waals surface area contributed by atoms with E-state index in [9.17, 15) is 22.4 Å². The maximum absolute atomic E-state index is 13.9. The van der Waals surface area contributed by atoms with Gasteiger partial charge in [0.05, 0.1) is 27.9 Å². The number of halogens is 6. The Balaban J connectivity index is 2.54. The van der Waals surface area contributed by atoms with E-state index in [1.54, 1.807) is 0 Å². The Morgan fingerprint density at radius 2 is 1.77 bits per heavy atom. The summed E-state index contributed by atoms with van der Waals surface area (Å²) in [7, 11) is 0. The van der Waals surface area contributed by atoms with Crippen LogP contribution in [0.5, 0.6) is 0 Å². The molecule has 4 nitrogen and oxygen atoms in total. The van der Waals surface area contributed by atoms with Crippen LogP contribution >= 0.6 is 23.2 Å². The van der Waals surface area contributed by atoms with Crippen molar-refractivity contribution in [2.24, 2.45) is 0 Å². The molecule has 2 aromatic carbocycles. The molecule has 0 fully saturated rings. The average Bonchev–Trinajstić information content (AvgIpc) is 2.56. The van der Waals surface area contributed by atoms with Crippen molar-refractivity contribution < 1.29 is 27.5 Å². The Kier molecular flexibility index (Phi) is 6.69. The largest absolute Gasteiger partial charge is 0.395 e. The molecule has 0 radical (unpaired) electrons. The van der Waals surface area contributed by atoms with Crippen LogP contribution in [0.2, 0.25) is 10.0 Å². The molecule has 0 saturated heterocycles. The van der Waals surface area contributed by atoms with E-state index < -0.39 is 35.3 Å². The van der Waals surface area contributed by atoms with Gasteiger partial charge in [0.25, 0.3) is 5.91 Å². The summed E-state index contributed by atoms with van der Waals surface area (Å²) in [5.41, 5.74) is -1.19. The summed E-state index contributed by atoms with van der Waals surface area (Å²) in [6.07, 6.45) is 0. The van der Waals surface area contributed by atoms with E-state index in [1.807, 2.05) is 0 Å². The van der Waals surface area contributed by atoms with Crippen LogP contribution in [0.1, 0.15) is 10.4 Å². The Bertz CT molecular complexity index is 798. The topological polar surface area (TPSA) is 52.6 Å². The summed E-state index contributed by atoms with van der Waals surface area (Å²) >= 11 is 11.7.